The second kappa shape index (κ2) is 5.70. The lowest BCUT2D eigenvalue weighted by atomic mass is 9.91. The highest BCUT2D eigenvalue weighted by molar-refractivity contribution is 7.89. The lowest BCUT2D eigenvalue weighted by molar-refractivity contribution is 0.0125. The number of carboxylic acid groups (broad SMARTS) is 1. The molecule has 0 aliphatic carbocycles. The van der Waals surface area contributed by atoms with Crippen LogP contribution in [0.3, 0.4) is 0 Å². The zero-order chi connectivity index (χ0) is 15.7. The Kier molecular flexibility index (Phi) is 4.31. The number of aromatic nitrogens is 1. The van der Waals surface area contributed by atoms with Crippen molar-refractivity contribution in [1.82, 2.24) is 9.71 Å². The van der Waals surface area contributed by atoms with Gasteiger partial charge in [0, 0.05) is 25.3 Å². The predicted octanol–water partition coefficient (Wildman–Crippen LogP) is 0.873. The first-order chi connectivity index (χ1) is 9.72. The number of pyridine rings is 1. The molecule has 0 aromatic carbocycles. The summed E-state index contributed by atoms with van der Waals surface area (Å²) in [4.78, 5) is 14.2. The highest BCUT2D eigenvalue weighted by atomic mass is 32.2. The van der Waals surface area contributed by atoms with Gasteiger partial charge in [-0.1, -0.05) is 0 Å². The van der Waals surface area contributed by atoms with Crippen molar-refractivity contribution < 1.29 is 23.1 Å². The Bertz CT molecular complexity index is 624. The van der Waals surface area contributed by atoms with Gasteiger partial charge in [-0.2, -0.15) is 0 Å². The molecule has 1 saturated heterocycles. The van der Waals surface area contributed by atoms with Gasteiger partial charge in [-0.25, -0.2) is 22.9 Å². The summed E-state index contributed by atoms with van der Waals surface area (Å²) in [5.74, 6) is -1.10. The van der Waals surface area contributed by atoms with E-state index < -0.39 is 16.0 Å². The third kappa shape index (κ3) is 3.58. The van der Waals surface area contributed by atoms with Gasteiger partial charge in [0.25, 0.3) is 0 Å². The first kappa shape index (κ1) is 15.9. The molecule has 1 aromatic rings. The summed E-state index contributed by atoms with van der Waals surface area (Å²) in [6.45, 7) is 4.76. The summed E-state index contributed by atoms with van der Waals surface area (Å²) in [6, 6.07) is 2.40. The fourth-order valence-electron chi connectivity index (χ4n) is 2.24. The van der Waals surface area contributed by atoms with Gasteiger partial charge in [0.2, 0.25) is 10.0 Å². The van der Waals surface area contributed by atoms with Crippen LogP contribution in [0.1, 0.15) is 30.8 Å². The van der Waals surface area contributed by atoms with Crippen molar-refractivity contribution in [2.45, 2.75) is 30.8 Å². The molecule has 0 amide bonds. The fraction of sp³-hybridized carbons (Fsp3) is 0.538. The lowest BCUT2D eigenvalue weighted by Gasteiger charge is -2.25. The zero-order valence-corrected chi connectivity index (χ0v) is 12.7. The van der Waals surface area contributed by atoms with Crippen LogP contribution in [0, 0.1) is 5.92 Å². The minimum atomic E-state index is -3.70. The molecule has 0 spiro atoms. The summed E-state index contributed by atoms with van der Waals surface area (Å²) >= 11 is 0. The maximum absolute atomic E-state index is 12.1. The van der Waals surface area contributed by atoms with Crippen LogP contribution in [0.25, 0.3) is 0 Å². The van der Waals surface area contributed by atoms with Crippen LogP contribution in [-0.4, -0.2) is 43.2 Å². The standard InChI is InChI=1S/C13H18N2O5S/c1-13(2)9(5-6-20-13)7-15-21(18,19)10-3-4-11(12(16)17)14-8-10/h3-4,8-9,15H,5-7H2,1-2H3,(H,16,17). The number of hydrogen-bond acceptors (Lipinski definition) is 5. The number of hydrogen-bond donors (Lipinski definition) is 2. The van der Waals surface area contributed by atoms with Crippen LogP contribution >= 0.6 is 0 Å². The summed E-state index contributed by atoms with van der Waals surface area (Å²) in [6.07, 6.45) is 1.84. The van der Waals surface area contributed by atoms with Crippen molar-refractivity contribution in [3.8, 4) is 0 Å². The predicted molar refractivity (Wildman–Crippen MR) is 74.5 cm³/mol. The summed E-state index contributed by atoms with van der Waals surface area (Å²) in [5.41, 5.74) is -0.548. The average molecular weight is 314 g/mol. The smallest absolute Gasteiger partial charge is 0.354 e. The summed E-state index contributed by atoms with van der Waals surface area (Å²) in [7, 11) is -3.70. The van der Waals surface area contributed by atoms with Crippen LogP contribution in [-0.2, 0) is 14.8 Å². The second-order valence-electron chi connectivity index (χ2n) is 5.47. The Balaban J connectivity index is 2.06. The molecule has 0 radical (unpaired) electrons. The number of ether oxygens (including phenoxy) is 1. The van der Waals surface area contributed by atoms with Crippen LogP contribution in [0.2, 0.25) is 0 Å². The van der Waals surface area contributed by atoms with Crippen molar-refractivity contribution in [3.05, 3.63) is 24.0 Å². The molecule has 21 heavy (non-hydrogen) atoms. The van der Waals surface area contributed by atoms with Gasteiger partial charge < -0.3 is 9.84 Å². The van der Waals surface area contributed by atoms with E-state index in [9.17, 15) is 13.2 Å². The van der Waals surface area contributed by atoms with Crippen molar-refractivity contribution in [2.75, 3.05) is 13.2 Å². The van der Waals surface area contributed by atoms with Crippen molar-refractivity contribution in [1.29, 1.82) is 0 Å². The normalized spacial score (nSPS) is 21.3. The van der Waals surface area contributed by atoms with Crippen molar-refractivity contribution in [3.63, 3.8) is 0 Å². The lowest BCUT2D eigenvalue weighted by Crippen LogP contribution is -2.37. The van der Waals surface area contributed by atoms with E-state index in [1.54, 1.807) is 0 Å². The van der Waals surface area contributed by atoms with Gasteiger partial charge in [0.05, 0.1) is 5.60 Å². The van der Waals surface area contributed by atoms with Gasteiger partial charge in [0.15, 0.2) is 0 Å². The first-order valence-corrected chi connectivity index (χ1v) is 8.04. The van der Waals surface area contributed by atoms with Gasteiger partial charge in [-0.15, -0.1) is 0 Å². The number of carboxylic acids is 1. The van der Waals surface area contributed by atoms with Crippen molar-refractivity contribution in [2.24, 2.45) is 5.92 Å². The molecule has 2 N–H and O–H groups in total. The van der Waals surface area contributed by atoms with E-state index in [0.29, 0.717) is 6.61 Å². The molecule has 2 rings (SSSR count). The molecule has 1 aliphatic rings. The highest BCUT2D eigenvalue weighted by Gasteiger charge is 2.36. The summed E-state index contributed by atoms with van der Waals surface area (Å²) in [5, 5.41) is 8.74. The monoisotopic (exact) mass is 314 g/mol. The minimum Gasteiger partial charge on any atom is -0.477 e. The van der Waals surface area contributed by atoms with E-state index >= 15 is 0 Å². The maximum atomic E-state index is 12.1. The Morgan fingerprint density at radius 1 is 1.52 bits per heavy atom. The van der Waals surface area contributed by atoms with E-state index in [1.807, 2.05) is 13.8 Å². The quantitative estimate of drug-likeness (QED) is 0.835. The van der Waals surface area contributed by atoms with Gasteiger partial charge in [-0.3, -0.25) is 0 Å². The number of nitrogens with zero attached hydrogens (tertiary/aromatic N) is 1. The number of rotatable bonds is 5. The van der Waals surface area contributed by atoms with E-state index in [2.05, 4.69) is 9.71 Å². The Hall–Kier alpha value is -1.51. The fourth-order valence-corrected chi connectivity index (χ4v) is 3.26. The second-order valence-corrected chi connectivity index (χ2v) is 7.24. The topological polar surface area (TPSA) is 106 Å². The van der Waals surface area contributed by atoms with Crippen LogP contribution in [0.4, 0.5) is 0 Å². The first-order valence-electron chi connectivity index (χ1n) is 6.55. The molecule has 0 saturated carbocycles. The van der Waals surface area contributed by atoms with E-state index in [-0.39, 0.29) is 28.7 Å². The summed E-state index contributed by atoms with van der Waals surface area (Å²) < 4.78 is 32.4. The van der Waals surface area contributed by atoms with E-state index in [0.717, 1.165) is 12.6 Å². The number of aromatic carboxylic acids is 1. The molecule has 7 nitrogen and oxygen atoms in total. The van der Waals surface area contributed by atoms with Crippen molar-refractivity contribution >= 4 is 16.0 Å². The van der Waals surface area contributed by atoms with Crippen LogP contribution in [0.5, 0.6) is 0 Å². The largest absolute Gasteiger partial charge is 0.477 e. The molecule has 116 valence electrons. The molecule has 1 unspecified atom stereocenters. The molecule has 8 heteroatoms. The molecule has 1 atom stereocenters. The molecule has 0 bridgehead atoms. The van der Waals surface area contributed by atoms with Crippen LogP contribution in [0.15, 0.2) is 23.2 Å². The Morgan fingerprint density at radius 3 is 2.71 bits per heavy atom. The molecule has 1 aliphatic heterocycles. The van der Waals surface area contributed by atoms with Crippen LogP contribution < -0.4 is 4.72 Å². The molecule has 1 fully saturated rings. The SMILES string of the molecule is CC1(C)OCCC1CNS(=O)(=O)c1ccc(C(=O)O)nc1. The Labute approximate surface area is 123 Å². The number of carbonyl (C=O) groups is 1. The molecular weight excluding hydrogens is 296 g/mol. The van der Waals surface area contributed by atoms with Gasteiger partial charge in [0.1, 0.15) is 10.6 Å². The van der Waals surface area contributed by atoms with E-state index in [4.69, 9.17) is 9.84 Å². The molecule has 1 aromatic heterocycles. The molecular formula is C13H18N2O5S. The average Bonchev–Trinajstić information content (AvgIpc) is 2.75. The van der Waals surface area contributed by atoms with E-state index in [1.165, 1.54) is 12.1 Å². The Morgan fingerprint density at radius 2 is 2.24 bits per heavy atom. The number of sulfonamides is 1. The molecule has 2 heterocycles. The third-order valence-corrected chi connectivity index (χ3v) is 5.12. The third-order valence-electron chi connectivity index (χ3n) is 3.71. The van der Waals surface area contributed by atoms with Gasteiger partial charge in [-0.05, 0) is 32.4 Å². The maximum Gasteiger partial charge on any atom is 0.354 e. The van der Waals surface area contributed by atoms with Gasteiger partial charge >= 0.3 is 5.97 Å². The highest BCUT2D eigenvalue weighted by Crippen LogP contribution is 2.30. The minimum absolute atomic E-state index is 0.0516. The number of nitrogens with one attached hydrogen (secondary N) is 1. The zero-order valence-electron chi connectivity index (χ0n) is 11.9.